The van der Waals surface area contributed by atoms with Crippen LogP contribution in [0.1, 0.15) is 16.7 Å². The summed E-state index contributed by atoms with van der Waals surface area (Å²) in [5.41, 5.74) is 2.20. The van der Waals surface area contributed by atoms with Crippen molar-refractivity contribution in [2.75, 3.05) is 32.7 Å². The Morgan fingerprint density at radius 3 is 2.81 bits per heavy atom. The van der Waals surface area contributed by atoms with Crippen LogP contribution < -0.4 is 0 Å². The van der Waals surface area contributed by atoms with Crippen molar-refractivity contribution in [3.8, 4) is 11.1 Å². The highest BCUT2D eigenvalue weighted by Gasteiger charge is 2.15. The van der Waals surface area contributed by atoms with Crippen LogP contribution in [0.25, 0.3) is 21.9 Å². The first-order valence-electron chi connectivity index (χ1n) is 12.0. The third-order valence-corrected chi connectivity index (χ3v) is 3.95. The van der Waals surface area contributed by atoms with Gasteiger partial charge in [-0.2, -0.15) is 0 Å². The zero-order valence-electron chi connectivity index (χ0n) is 21.8. The van der Waals surface area contributed by atoms with E-state index in [1.54, 1.807) is 24.7 Å². The number of fused-ring (bicyclic) bond motifs is 1. The molecule has 0 amide bonds. The second-order valence-corrected chi connectivity index (χ2v) is 5.81. The lowest BCUT2D eigenvalue weighted by Gasteiger charge is -2.25. The van der Waals surface area contributed by atoms with E-state index in [4.69, 9.17) is 11.0 Å². The van der Waals surface area contributed by atoms with Gasteiger partial charge in [0.1, 0.15) is 0 Å². The van der Waals surface area contributed by atoms with E-state index in [0.29, 0.717) is 5.69 Å². The van der Waals surface area contributed by atoms with Crippen LogP contribution in [0.15, 0.2) is 55.0 Å². The second kappa shape index (κ2) is 7.72. The fraction of sp³-hybridized carbons (Fsp3) is 0.286. The number of ketones is 1. The Bertz CT molecular complexity index is 1210. The molecule has 0 atom stereocenters. The maximum atomic E-state index is 12.8. The maximum Gasteiger partial charge on any atom is 0.152 e. The van der Waals surface area contributed by atoms with Crippen LogP contribution >= 0.6 is 0 Å². The Labute approximate surface area is 163 Å². The number of benzene rings is 1. The summed E-state index contributed by atoms with van der Waals surface area (Å²) < 4.78 is 67.5. The highest BCUT2D eigenvalue weighted by Crippen LogP contribution is 2.24. The number of carbonyl (C=O) groups excluding carboxylic acids is 1. The first-order valence-corrected chi connectivity index (χ1v) is 8.03. The summed E-state index contributed by atoms with van der Waals surface area (Å²) in [7, 11) is 0. The Kier molecular flexibility index (Phi) is 2.94. The summed E-state index contributed by atoms with van der Waals surface area (Å²) in [6, 6.07) is 11.2. The largest absolute Gasteiger partial charge is 0.379 e. The predicted molar refractivity (Wildman–Crippen MR) is 101 cm³/mol. The van der Waals surface area contributed by atoms with E-state index in [2.05, 4.69) is 14.7 Å². The summed E-state index contributed by atoms with van der Waals surface area (Å²) in [6.45, 7) is -13.5. The Balaban J connectivity index is 1.59. The van der Waals surface area contributed by atoms with Gasteiger partial charge in [-0.15, -0.1) is 0 Å². The number of hydrogen-bond donors (Lipinski definition) is 0. The normalized spacial score (nSPS) is 27.5. The molecular formula is C21H21N3O2. The highest BCUT2D eigenvalue weighted by atomic mass is 16.5. The van der Waals surface area contributed by atoms with Crippen LogP contribution in [0, 0.1) is 0 Å². The minimum atomic E-state index is -3.19. The van der Waals surface area contributed by atoms with E-state index in [1.807, 2.05) is 30.3 Å². The lowest BCUT2D eigenvalue weighted by molar-refractivity contribution is -0.120. The van der Waals surface area contributed by atoms with Crippen LogP contribution in [0.4, 0.5) is 0 Å². The molecule has 2 aromatic heterocycles. The molecule has 0 N–H and O–H groups in total. The van der Waals surface area contributed by atoms with Gasteiger partial charge in [0.2, 0.25) is 0 Å². The third-order valence-electron chi connectivity index (χ3n) is 3.95. The number of pyridine rings is 2. The number of morpholine rings is 1. The molecule has 26 heavy (non-hydrogen) atoms. The van der Waals surface area contributed by atoms with E-state index < -0.39 is 38.4 Å². The topological polar surface area (TPSA) is 55.3 Å². The van der Waals surface area contributed by atoms with Gasteiger partial charge in [-0.3, -0.25) is 19.7 Å². The van der Waals surface area contributed by atoms with Crippen molar-refractivity contribution in [1.29, 1.82) is 0 Å². The first kappa shape index (κ1) is 9.90. The van der Waals surface area contributed by atoms with Gasteiger partial charge in [0, 0.05) is 53.7 Å². The summed E-state index contributed by atoms with van der Waals surface area (Å²) in [6.07, 6.45) is 4.72. The molecule has 0 saturated carbocycles. The van der Waals surface area contributed by atoms with Crippen molar-refractivity contribution in [1.82, 2.24) is 14.9 Å². The Hall–Kier alpha value is -2.63. The van der Waals surface area contributed by atoms with Gasteiger partial charge >= 0.3 is 0 Å². The van der Waals surface area contributed by atoms with Crippen LogP contribution in [-0.4, -0.2) is 53.3 Å². The number of hydrogen-bond acceptors (Lipinski definition) is 5. The average molecular weight is 355 g/mol. The van der Waals surface area contributed by atoms with Gasteiger partial charge in [0.05, 0.1) is 31.6 Å². The third kappa shape index (κ3) is 3.95. The number of nitrogens with zero attached hydrogens (tertiary/aromatic N) is 3. The van der Waals surface area contributed by atoms with E-state index in [0.717, 1.165) is 21.9 Å². The first-order chi connectivity index (χ1) is 15.7. The molecule has 1 aliphatic rings. The summed E-state index contributed by atoms with van der Waals surface area (Å²) in [4.78, 5) is 21.4. The van der Waals surface area contributed by atoms with Crippen LogP contribution in [0.2, 0.25) is 0 Å². The predicted octanol–water partition coefficient (Wildman–Crippen LogP) is 2.74. The number of aromatic nitrogens is 2. The summed E-state index contributed by atoms with van der Waals surface area (Å²) >= 11 is 0. The number of Topliss-reactive ketones (excluding diaryl/α,β-unsaturated/α-hetero) is 1. The minimum Gasteiger partial charge on any atom is -0.379 e. The molecule has 4 rings (SSSR count). The lowest BCUT2D eigenvalue weighted by Crippen LogP contribution is -2.39. The van der Waals surface area contributed by atoms with Crippen LogP contribution in [-0.2, 0) is 16.0 Å². The Morgan fingerprint density at radius 2 is 2.00 bits per heavy atom. The maximum absolute atomic E-state index is 12.8. The smallest absolute Gasteiger partial charge is 0.152 e. The van der Waals surface area contributed by atoms with Gasteiger partial charge < -0.3 is 4.74 Å². The molecule has 0 spiro atoms. The Morgan fingerprint density at radius 1 is 1.12 bits per heavy atom. The number of rotatable bonds is 5. The molecule has 132 valence electrons. The number of carbonyl (C=O) groups is 1. The molecule has 0 aliphatic carbocycles. The summed E-state index contributed by atoms with van der Waals surface area (Å²) in [5, 5.41) is 1.65. The highest BCUT2D eigenvalue weighted by molar-refractivity contribution is 5.88. The molecule has 1 fully saturated rings. The molecule has 3 heterocycles. The van der Waals surface area contributed by atoms with Gasteiger partial charge in [0.25, 0.3) is 0 Å². The van der Waals surface area contributed by atoms with Gasteiger partial charge in [0.15, 0.2) is 5.78 Å². The molecule has 0 radical (unpaired) electrons. The standard InChI is InChI=1S/C21H21N3O2/c25-21(15-24-6-8-26-9-7-24)12-20-11-19-10-16(3-4-18(19)14-23-20)17-2-1-5-22-13-17/h1-5,10-11,13-14H,6-9,12,15H2/i6D2,7D2,8D2,9D2. The molecule has 1 saturated heterocycles. The van der Waals surface area contributed by atoms with Gasteiger partial charge in [-0.05, 0) is 29.1 Å². The van der Waals surface area contributed by atoms with Crippen molar-refractivity contribution in [2.24, 2.45) is 0 Å². The SMILES string of the molecule is [2H]C1([2H])OC([2H])([2H])C([2H])([2H])N(CC(=O)Cc2cc3cc(-c4cccnc4)ccc3cn2)C1([2H])[2H]. The quantitative estimate of drug-likeness (QED) is 0.704. The zero-order chi connectivity index (χ0) is 24.9. The fourth-order valence-corrected chi connectivity index (χ4v) is 2.72. The van der Waals surface area contributed by atoms with Crippen molar-refractivity contribution in [3.05, 3.63) is 60.7 Å². The lowest BCUT2D eigenvalue weighted by atomic mass is 10.0. The van der Waals surface area contributed by atoms with Gasteiger partial charge in [-0.1, -0.05) is 18.2 Å². The van der Waals surface area contributed by atoms with Crippen molar-refractivity contribution in [2.45, 2.75) is 6.42 Å². The summed E-state index contributed by atoms with van der Waals surface area (Å²) in [5.74, 6) is -0.656. The molecular weight excluding hydrogens is 326 g/mol. The molecule has 0 bridgehead atoms. The van der Waals surface area contributed by atoms with E-state index >= 15 is 0 Å². The van der Waals surface area contributed by atoms with E-state index in [-0.39, 0.29) is 11.3 Å². The molecule has 5 nitrogen and oxygen atoms in total. The van der Waals surface area contributed by atoms with Gasteiger partial charge in [-0.25, -0.2) is 0 Å². The average Bonchev–Trinajstić information content (AvgIpc) is 2.75. The molecule has 1 aliphatic heterocycles. The molecule has 5 heteroatoms. The monoisotopic (exact) mass is 355 g/mol. The molecule has 1 aromatic carbocycles. The van der Waals surface area contributed by atoms with E-state index in [9.17, 15) is 4.79 Å². The van der Waals surface area contributed by atoms with Crippen molar-refractivity contribution in [3.63, 3.8) is 0 Å². The van der Waals surface area contributed by atoms with Crippen LogP contribution in [0.5, 0.6) is 0 Å². The zero-order valence-corrected chi connectivity index (χ0v) is 13.8. The second-order valence-electron chi connectivity index (χ2n) is 5.81. The minimum absolute atomic E-state index is 0.243. The van der Waals surface area contributed by atoms with E-state index in [1.165, 1.54) is 0 Å². The molecule has 3 aromatic rings. The fourth-order valence-electron chi connectivity index (χ4n) is 2.72. The number of ether oxygens (including phenoxy) is 1. The van der Waals surface area contributed by atoms with Crippen molar-refractivity contribution < 1.29 is 20.5 Å². The van der Waals surface area contributed by atoms with Crippen molar-refractivity contribution >= 4 is 16.6 Å². The van der Waals surface area contributed by atoms with Crippen LogP contribution in [0.3, 0.4) is 0 Å². The molecule has 0 unspecified atom stereocenters.